The maximum Gasteiger partial charge on any atom is 0.410 e. The van der Waals surface area contributed by atoms with E-state index in [0.29, 0.717) is 18.0 Å². The summed E-state index contributed by atoms with van der Waals surface area (Å²) in [6, 6.07) is 5.95. The molecule has 4 rings (SSSR count). The van der Waals surface area contributed by atoms with Gasteiger partial charge in [-0.25, -0.2) is 9.78 Å². The van der Waals surface area contributed by atoms with E-state index in [0.717, 1.165) is 75.1 Å². The van der Waals surface area contributed by atoms with Gasteiger partial charge in [-0.3, -0.25) is 4.79 Å². The SMILES string of the molecule is CC(C)(C)OC(=O)N1CCCCC1CN1CCC(CNC(=O)c2cccc3[nH]c(C(C)(C)C)nc23)CC1. The van der Waals surface area contributed by atoms with Crippen LogP contribution in [-0.2, 0) is 10.2 Å². The minimum atomic E-state index is -0.473. The molecule has 2 aromatic rings. The lowest BCUT2D eigenvalue weighted by atomic mass is 9.95. The molecule has 2 aliphatic heterocycles. The first kappa shape index (κ1) is 27.4. The van der Waals surface area contributed by atoms with Crippen LogP contribution in [0.1, 0.15) is 89.8 Å². The van der Waals surface area contributed by atoms with Gasteiger partial charge < -0.3 is 24.8 Å². The van der Waals surface area contributed by atoms with Crippen LogP contribution in [0.2, 0.25) is 0 Å². The number of imidazole rings is 1. The first-order chi connectivity index (χ1) is 17.4. The molecule has 2 N–H and O–H groups in total. The summed E-state index contributed by atoms with van der Waals surface area (Å²) in [5.41, 5.74) is 1.68. The largest absolute Gasteiger partial charge is 0.444 e. The predicted octanol–water partition coefficient (Wildman–Crippen LogP) is 5.09. The zero-order valence-corrected chi connectivity index (χ0v) is 23.5. The molecule has 0 bridgehead atoms. The van der Waals surface area contributed by atoms with Crippen molar-refractivity contribution < 1.29 is 14.3 Å². The summed E-state index contributed by atoms with van der Waals surface area (Å²) in [6.45, 7) is 16.4. The number of H-pyrrole nitrogens is 1. The number of para-hydroxylation sites is 1. The third-order valence-corrected chi connectivity index (χ3v) is 7.45. The molecule has 0 aliphatic carbocycles. The molecule has 0 radical (unpaired) electrons. The Kier molecular flexibility index (Phi) is 8.17. The van der Waals surface area contributed by atoms with Crippen molar-refractivity contribution in [3.8, 4) is 0 Å². The average molecular weight is 512 g/mol. The van der Waals surface area contributed by atoms with E-state index in [4.69, 9.17) is 9.72 Å². The van der Waals surface area contributed by atoms with Gasteiger partial charge in [0.2, 0.25) is 0 Å². The van der Waals surface area contributed by atoms with Crippen molar-refractivity contribution in [3.05, 3.63) is 29.6 Å². The zero-order chi connectivity index (χ0) is 26.8. The summed E-state index contributed by atoms with van der Waals surface area (Å²) < 4.78 is 5.67. The van der Waals surface area contributed by atoms with Crippen LogP contribution in [0.3, 0.4) is 0 Å². The third kappa shape index (κ3) is 7.03. The molecular formula is C29H45N5O3. The van der Waals surface area contributed by atoms with Crippen molar-refractivity contribution >= 4 is 23.0 Å². The molecule has 8 nitrogen and oxygen atoms in total. The maximum absolute atomic E-state index is 13.1. The summed E-state index contributed by atoms with van der Waals surface area (Å²) >= 11 is 0. The summed E-state index contributed by atoms with van der Waals surface area (Å²) in [6.07, 6.45) is 5.13. The minimum absolute atomic E-state index is 0.0600. The van der Waals surface area contributed by atoms with Crippen LogP contribution < -0.4 is 5.32 Å². The van der Waals surface area contributed by atoms with Crippen molar-refractivity contribution in [3.63, 3.8) is 0 Å². The van der Waals surface area contributed by atoms with Gasteiger partial charge >= 0.3 is 6.09 Å². The van der Waals surface area contributed by atoms with Crippen molar-refractivity contribution in [2.75, 3.05) is 32.7 Å². The Bertz CT molecular complexity index is 1090. The Morgan fingerprint density at radius 3 is 2.46 bits per heavy atom. The smallest absolute Gasteiger partial charge is 0.410 e. The minimum Gasteiger partial charge on any atom is -0.444 e. The topological polar surface area (TPSA) is 90.6 Å². The Morgan fingerprint density at radius 2 is 1.78 bits per heavy atom. The molecule has 1 aromatic carbocycles. The number of ether oxygens (including phenoxy) is 1. The van der Waals surface area contributed by atoms with E-state index in [9.17, 15) is 9.59 Å². The number of carbonyl (C=O) groups is 2. The van der Waals surface area contributed by atoms with E-state index in [1.165, 1.54) is 0 Å². The number of hydrogen-bond donors (Lipinski definition) is 2. The number of piperidine rings is 2. The van der Waals surface area contributed by atoms with Gasteiger partial charge in [-0.05, 0) is 84.0 Å². The molecule has 2 saturated heterocycles. The van der Waals surface area contributed by atoms with Crippen LogP contribution >= 0.6 is 0 Å². The average Bonchev–Trinajstić information content (AvgIpc) is 3.28. The monoisotopic (exact) mass is 511 g/mol. The quantitative estimate of drug-likeness (QED) is 0.583. The van der Waals surface area contributed by atoms with Crippen LogP contribution in [0.25, 0.3) is 11.0 Å². The molecule has 3 heterocycles. The molecule has 37 heavy (non-hydrogen) atoms. The van der Waals surface area contributed by atoms with Crippen molar-refractivity contribution in [2.45, 2.75) is 90.7 Å². The van der Waals surface area contributed by atoms with Gasteiger partial charge in [0, 0.05) is 31.1 Å². The molecule has 1 unspecified atom stereocenters. The van der Waals surface area contributed by atoms with E-state index in [1.54, 1.807) is 0 Å². The first-order valence-electron chi connectivity index (χ1n) is 13.9. The fourth-order valence-corrected chi connectivity index (χ4v) is 5.33. The number of benzene rings is 1. The van der Waals surface area contributed by atoms with Crippen LogP contribution in [0.4, 0.5) is 4.79 Å². The van der Waals surface area contributed by atoms with E-state index in [-0.39, 0.29) is 23.5 Å². The molecule has 204 valence electrons. The van der Waals surface area contributed by atoms with Gasteiger partial charge in [0.15, 0.2) is 0 Å². The summed E-state index contributed by atoms with van der Waals surface area (Å²) in [5.74, 6) is 1.28. The Balaban J connectivity index is 1.28. The number of rotatable bonds is 5. The van der Waals surface area contributed by atoms with E-state index >= 15 is 0 Å². The standard InChI is InChI=1S/C29H45N5O3/c1-28(2,3)26-31-23-12-9-11-22(24(23)32-26)25(35)30-18-20-13-16-33(17-14-20)19-21-10-7-8-15-34(21)27(36)37-29(4,5)6/h9,11-12,20-21H,7-8,10,13-19H2,1-6H3,(H,30,35)(H,31,32). The highest BCUT2D eigenvalue weighted by Crippen LogP contribution is 2.26. The summed E-state index contributed by atoms with van der Waals surface area (Å²) in [5, 5.41) is 3.17. The Hall–Kier alpha value is -2.61. The van der Waals surface area contributed by atoms with Crippen molar-refractivity contribution in [2.24, 2.45) is 5.92 Å². The normalized spacial score (nSPS) is 20.3. The van der Waals surface area contributed by atoms with Crippen LogP contribution in [0, 0.1) is 5.92 Å². The summed E-state index contributed by atoms with van der Waals surface area (Å²) in [4.78, 5) is 38.3. The third-order valence-electron chi connectivity index (χ3n) is 7.45. The molecule has 0 spiro atoms. The number of carbonyl (C=O) groups excluding carboxylic acids is 2. The van der Waals surface area contributed by atoms with Crippen LogP contribution in [0.15, 0.2) is 18.2 Å². The van der Waals surface area contributed by atoms with Gasteiger partial charge in [-0.15, -0.1) is 0 Å². The second-order valence-electron chi connectivity index (χ2n) is 12.8. The number of aromatic amines is 1. The second kappa shape index (κ2) is 11.0. The fraction of sp³-hybridized carbons (Fsp3) is 0.690. The second-order valence-corrected chi connectivity index (χ2v) is 12.8. The number of nitrogens with one attached hydrogen (secondary N) is 2. The maximum atomic E-state index is 13.1. The lowest BCUT2D eigenvalue weighted by Crippen LogP contribution is -2.52. The van der Waals surface area contributed by atoms with Crippen LogP contribution in [0.5, 0.6) is 0 Å². The number of fused-ring (bicyclic) bond motifs is 1. The molecule has 2 amide bonds. The molecule has 2 fully saturated rings. The fourth-order valence-electron chi connectivity index (χ4n) is 5.33. The van der Waals surface area contributed by atoms with E-state index < -0.39 is 5.60 Å². The molecule has 8 heteroatoms. The number of nitrogens with zero attached hydrogens (tertiary/aromatic N) is 3. The van der Waals surface area contributed by atoms with Crippen molar-refractivity contribution in [1.82, 2.24) is 25.1 Å². The molecular weight excluding hydrogens is 466 g/mol. The van der Waals surface area contributed by atoms with Crippen molar-refractivity contribution in [1.29, 1.82) is 0 Å². The number of likely N-dealkylation sites (tertiary alicyclic amines) is 2. The zero-order valence-electron chi connectivity index (χ0n) is 23.5. The molecule has 2 aliphatic rings. The predicted molar refractivity (Wildman–Crippen MR) is 147 cm³/mol. The molecule has 1 aromatic heterocycles. The van der Waals surface area contributed by atoms with Gasteiger partial charge in [0.25, 0.3) is 5.91 Å². The summed E-state index contributed by atoms with van der Waals surface area (Å²) in [7, 11) is 0. The van der Waals surface area contributed by atoms with Crippen LogP contribution in [-0.4, -0.2) is 76.1 Å². The Morgan fingerprint density at radius 1 is 1.05 bits per heavy atom. The highest BCUT2D eigenvalue weighted by Gasteiger charge is 2.32. The lowest BCUT2D eigenvalue weighted by molar-refractivity contribution is 0.00346. The number of hydrogen-bond acceptors (Lipinski definition) is 5. The van der Waals surface area contributed by atoms with Gasteiger partial charge in [0.1, 0.15) is 16.9 Å². The lowest BCUT2D eigenvalue weighted by Gasteiger charge is -2.41. The van der Waals surface area contributed by atoms with E-state index in [1.807, 2.05) is 43.9 Å². The Labute approximate surface area is 221 Å². The first-order valence-corrected chi connectivity index (χ1v) is 13.9. The molecule has 1 atom stereocenters. The highest BCUT2D eigenvalue weighted by molar-refractivity contribution is 6.04. The highest BCUT2D eigenvalue weighted by atomic mass is 16.6. The molecule has 0 saturated carbocycles. The van der Waals surface area contributed by atoms with Gasteiger partial charge in [-0.2, -0.15) is 0 Å². The van der Waals surface area contributed by atoms with E-state index in [2.05, 4.69) is 36.0 Å². The number of amides is 2. The number of aromatic nitrogens is 2. The van der Waals surface area contributed by atoms with Gasteiger partial charge in [-0.1, -0.05) is 26.8 Å². The van der Waals surface area contributed by atoms with Gasteiger partial charge in [0.05, 0.1) is 11.1 Å².